The Labute approximate surface area is 120 Å². The van der Waals surface area contributed by atoms with Crippen molar-refractivity contribution in [1.82, 2.24) is 5.32 Å². The van der Waals surface area contributed by atoms with Crippen molar-refractivity contribution in [3.05, 3.63) is 59.1 Å². The van der Waals surface area contributed by atoms with Gasteiger partial charge in [0, 0.05) is 11.1 Å². The quantitative estimate of drug-likeness (QED) is 0.802. The van der Waals surface area contributed by atoms with E-state index in [1.165, 1.54) is 11.1 Å². The van der Waals surface area contributed by atoms with E-state index in [9.17, 15) is 0 Å². The second kappa shape index (κ2) is 6.74. The fraction of sp³-hybridized carbons (Fsp3) is 0.294. The van der Waals surface area contributed by atoms with Crippen LogP contribution in [0.5, 0.6) is 0 Å². The SMILES string of the molecule is CCCNC(C)c1cccc(-c2cccc(Cl)c2)c1. The predicted octanol–water partition coefficient (Wildman–Crippen LogP) is 5.07. The molecule has 0 aliphatic rings. The van der Waals surface area contributed by atoms with Gasteiger partial charge in [-0.25, -0.2) is 0 Å². The van der Waals surface area contributed by atoms with Crippen molar-refractivity contribution in [3.63, 3.8) is 0 Å². The lowest BCUT2D eigenvalue weighted by atomic mass is 10.00. The van der Waals surface area contributed by atoms with Crippen LogP contribution < -0.4 is 5.32 Å². The average Bonchev–Trinajstić information content (AvgIpc) is 2.45. The first-order chi connectivity index (χ1) is 9.20. The topological polar surface area (TPSA) is 12.0 Å². The summed E-state index contributed by atoms with van der Waals surface area (Å²) in [4.78, 5) is 0. The van der Waals surface area contributed by atoms with Crippen molar-refractivity contribution >= 4 is 11.6 Å². The van der Waals surface area contributed by atoms with E-state index >= 15 is 0 Å². The van der Waals surface area contributed by atoms with Crippen molar-refractivity contribution < 1.29 is 0 Å². The smallest absolute Gasteiger partial charge is 0.0412 e. The van der Waals surface area contributed by atoms with Crippen molar-refractivity contribution in [2.75, 3.05) is 6.54 Å². The summed E-state index contributed by atoms with van der Waals surface area (Å²) >= 11 is 6.05. The largest absolute Gasteiger partial charge is 0.310 e. The fourth-order valence-electron chi connectivity index (χ4n) is 2.13. The normalized spacial score (nSPS) is 12.4. The van der Waals surface area contributed by atoms with Crippen molar-refractivity contribution in [2.45, 2.75) is 26.3 Å². The zero-order valence-electron chi connectivity index (χ0n) is 11.5. The molecule has 19 heavy (non-hydrogen) atoms. The van der Waals surface area contributed by atoms with E-state index in [-0.39, 0.29) is 0 Å². The molecule has 1 unspecified atom stereocenters. The van der Waals surface area contributed by atoms with Crippen LogP contribution in [0.2, 0.25) is 5.02 Å². The predicted molar refractivity (Wildman–Crippen MR) is 83.6 cm³/mol. The zero-order valence-corrected chi connectivity index (χ0v) is 12.2. The zero-order chi connectivity index (χ0) is 13.7. The molecule has 2 aromatic carbocycles. The van der Waals surface area contributed by atoms with E-state index in [1.807, 2.05) is 18.2 Å². The van der Waals surface area contributed by atoms with E-state index in [0.717, 1.165) is 23.6 Å². The third-order valence-corrected chi connectivity index (χ3v) is 3.48. The van der Waals surface area contributed by atoms with Gasteiger partial charge >= 0.3 is 0 Å². The number of halogens is 1. The van der Waals surface area contributed by atoms with Crippen LogP contribution in [-0.4, -0.2) is 6.54 Å². The second-order valence-corrected chi connectivity index (χ2v) is 5.25. The first-order valence-electron chi connectivity index (χ1n) is 6.80. The summed E-state index contributed by atoms with van der Waals surface area (Å²) in [7, 11) is 0. The highest BCUT2D eigenvalue weighted by Gasteiger charge is 2.06. The number of rotatable bonds is 5. The number of hydrogen-bond donors (Lipinski definition) is 1. The standard InChI is InChI=1S/C17H20ClN/c1-3-10-19-13(2)14-6-4-7-15(11-14)16-8-5-9-17(18)12-16/h4-9,11-13,19H,3,10H2,1-2H3. The van der Waals surface area contributed by atoms with Crippen LogP contribution in [0.4, 0.5) is 0 Å². The molecule has 1 N–H and O–H groups in total. The highest BCUT2D eigenvalue weighted by molar-refractivity contribution is 6.30. The maximum atomic E-state index is 6.05. The lowest BCUT2D eigenvalue weighted by molar-refractivity contribution is 0.571. The minimum absolute atomic E-state index is 0.374. The van der Waals surface area contributed by atoms with E-state index in [0.29, 0.717) is 6.04 Å². The van der Waals surface area contributed by atoms with Gasteiger partial charge in [0.05, 0.1) is 0 Å². The Kier molecular flexibility index (Phi) is 5.00. The lowest BCUT2D eigenvalue weighted by Crippen LogP contribution is -2.19. The van der Waals surface area contributed by atoms with Crippen LogP contribution >= 0.6 is 11.6 Å². The highest BCUT2D eigenvalue weighted by atomic mass is 35.5. The Hall–Kier alpha value is -1.31. The molecule has 0 aliphatic carbocycles. The third-order valence-electron chi connectivity index (χ3n) is 3.25. The number of nitrogens with one attached hydrogen (secondary N) is 1. The molecule has 1 nitrogen and oxygen atoms in total. The molecule has 0 spiro atoms. The molecule has 0 radical (unpaired) electrons. The first-order valence-corrected chi connectivity index (χ1v) is 7.18. The third kappa shape index (κ3) is 3.82. The summed E-state index contributed by atoms with van der Waals surface area (Å²) in [6.45, 7) is 5.43. The van der Waals surface area contributed by atoms with Gasteiger partial charge in [0.25, 0.3) is 0 Å². The Balaban J connectivity index is 2.24. The minimum atomic E-state index is 0.374. The molecule has 2 heteroatoms. The van der Waals surface area contributed by atoms with E-state index in [2.05, 4.69) is 49.5 Å². The van der Waals surface area contributed by atoms with Crippen molar-refractivity contribution in [1.29, 1.82) is 0 Å². The molecular formula is C17H20ClN. The fourth-order valence-corrected chi connectivity index (χ4v) is 2.32. The van der Waals surface area contributed by atoms with Gasteiger partial charge in [0.1, 0.15) is 0 Å². The maximum Gasteiger partial charge on any atom is 0.0412 e. The molecular weight excluding hydrogens is 254 g/mol. The van der Waals surface area contributed by atoms with Crippen LogP contribution in [-0.2, 0) is 0 Å². The van der Waals surface area contributed by atoms with Gasteiger partial charge in [-0.2, -0.15) is 0 Å². The molecule has 0 aromatic heterocycles. The molecule has 0 heterocycles. The summed E-state index contributed by atoms with van der Waals surface area (Å²) in [5.41, 5.74) is 3.69. The molecule has 0 aliphatic heterocycles. The highest BCUT2D eigenvalue weighted by Crippen LogP contribution is 2.25. The van der Waals surface area contributed by atoms with Crippen LogP contribution in [0.1, 0.15) is 31.9 Å². The molecule has 2 rings (SSSR count). The number of hydrogen-bond acceptors (Lipinski definition) is 1. The summed E-state index contributed by atoms with van der Waals surface area (Å²) in [6, 6.07) is 17.0. The van der Waals surface area contributed by atoms with Gasteiger partial charge in [-0.05, 0) is 54.8 Å². The Morgan fingerprint density at radius 3 is 2.42 bits per heavy atom. The van der Waals surface area contributed by atoms with Crippen molar-refractivity contribution in [3.8, 4) is 11.1 Å². The van der Waals surface area contributed by atoms with Gasteiger partial charge in [-0.15, -0.1) is 0 Å². The molecule has 100 valence electrons. The molecule has 2 aromatic rings. The second-order valence-electron chi connectivity index (χ2n) is 4.81. The van der Waals surface area contributed by atoms with Gasteiger partial charge in [-0.1, -0.05) is 48.9 Å². The molecule has 0 saturated heterocycles. The van der Waals surface area contributed by atoms with Gasteiger partial charge in [-0.3, -0.25) is 0 Å². The summed E-state index contributed by atoms with van der Waals surface area (Å²) in [5, 5.41) is 4.29. The van der Waals surface area contributed by atoms with Gasteiger partial charge < -0.3 is 5.32 Å². The first kappa shape index (κ1) is 14.1. The van der Waals surface area contributed by atoms with E-state index in [4.69, 9.17) is 11.6 Å². The molecule has 0 amide bonds. The van der Waals surface area contributed by atoms with Gasteiger partial charge in [0.2, 0.25) is 0 Å². The monoisotopic (exact) mass is 273 g/mol. The lowest BCUT2D eigenvalue weighted by Gasteiger charge is -2.15. The summed E-state index contributed by atoms with van der Waals surface area (Å²) in [5.74, 6) is 0. The summed E-state index contributed by atoms with van der Waals surface area (Å²) in [6.07, 6.45) is 1.15. The molecule has 0 fully saturated rings. The number of benzene rings is 2. The molecule has 0 saturated carbocycles. The average molecular weight is 274 g/mol. The van der Waals surface area contributed by atoms with Gasteiger partial charge in [0.15, 0.2) is 0 Å². The maximum absolute atomic E-state index is 6.05. The Bertz CT molecular complexity index is 536. The van der Waals surface area contributed by atoms with Crippen LogP contribution in [0, 0.1) is 0 Å². The van der Waals surface area contributed by atoms with E-state index < -0.39 is 0 Å². The Morgan fingerprint density at radius 1 is 1.05 bits per heavy atom. The molecule has 1 atom stereocenters. The molecule has 0 bridgehead atoms. The van der Waals surface area contributed by atoms with Crippen molar-refractivity contribution in [2.24, 2.45) is 0 Å². The Morgan fingerprint density at radius 2 is 1.74 bits per heavy atom. The van der Waals surface area contributed by atoms with Crippen LogP contribution in [0.15, 0.2) is 48.5 Å². The van der Waals surface area contributed by atoms with Crippen LogP contribution in [0.3, 0.4) is 0 Å². The minimum Gasteiger partial charge on any atom is -0.310 e. The van der Waals surface area contributed by atoms with E-state index in [1.54, 1.807) is 0 Å². The summed E-state index contributed by atoms with van der Waals surface area (Å²) < 4.78 is 0. The van der Waals surface area contributed by atoms with Crippen LogP contribution in [0.25, 0.3) is 11.1 Å².